The summed E-state index contributed by atoms with van der Waals surface area (Å²) in [5.41, 5.74) is -0.652. The van der Waals surface area contributed by atoms with Gasteiger partial charge in [0.1, 0.15) is 13.2 Å². The van der Waals surface area contributed by atoms with Gasteiger partial charge in [0.25, 0.3) is 5.91 Å². The lowest BCUT2D eigenvalue weighted by molar-refractivity contribution is -0.133. The standard InChI is InChI=1S/C18H14BrNO5/c19-11-2-3-13-12(8-11)18(23,17(22)20-13)9-14(21)10-1-4-15-16(7-10)25-6-5-24-15/h1-4,7-8,23H,5-6,9H2,(H,20,22). The van der Waals surface area contributed by atoms with Crippen LogP contribution in [-0.4, -0.2) is 30.0 Å². The van der Waals surface area contributed by atoms with Crippen LogP contribution < -0.4 is 14.8 Å². The normalized spacial score (nSPS) is 20.8. The fraction of sp³-hybridized carbons (Fsp3) is 0.222. The first kappa shape index (κ1) is 16.1. The molecule has 0 spiro atoms. The minimum Gasteiger partial charge on any atom is -0.486 e. The molecule has 25 heavy (non-hydrogen) atoms. The third kappa shape index (κ3) is 2.69. The molecule has 0 radical (unpaired) electrons. The highest BCUT2D eigenvalue weighted by molar-refractivity contribution is 9.10. The van der Waals surface area contributed by atoms with Gasteiger partial charge in [-0.05, 0) is 36.4 Å². The lowest BCUT2D eigenvalue weighted by Crippen LogP contribution is -2.36. The first-order valence-electron chi connectivity index (χ1n) is 7.74. The Balaban J connectivity index is 1.65. The molecule has 2 aliphatic heterocycles. The van der Waals surface area contributed by atoms with Crippen molar-refractivity contribution >= 4 is 33.3 Å². The van der Waals surface area contributed by atoms with Crippen LogP contribution in [0.5, 0.6) is 11.5 Å². The zero-order valence-corrected chi connectivity index (χ0v) is 14.6. The van der Waals surface area contributed by atoms with Crippen LogP contribution in [0.3, 0.4) is 0 Å². The molecule has 0 fully saturated rings. The first-order valence-corrected chi connectivity index (χ1v) is 8.53. The number of ketones is 1. The van der Waals surface area contributed by atoms with Crippen molar-refractivity contribution in [1.29, 1.82) is 0 Å². The van der Waals surface area contributed by atoms with Gasteiger partial charge in [-0.1, -0.05) is 15.9 Å². The second-order valence-electron chi connectivity index (χ2n) is 5.96. The molecule has 6 nitrogen and oxygen atoms in total. The van der Waals surface area contributed by atoms with Crippen molar-refractivity contribution in [3.63, 3.8) is 0 Å². The first-order chi connectivity index (χ1) is 12.0. The molecule has 1 amide bonds. The van der Waals surface area contributed by atoms with Gasteiger partial charge < -0.3 is 19.9 Å². The number of ether oxygens (including phenoxy) is 2. The van der Waals surface area contributed by atoms with Crippen molar-refractivity contribution in [3.8, 4) is 11.5 Å². The van der Waals surface area contributed by atoms with Gasteiger partial charge in [-0.2, -0.15) is 0 Å². The van der Waals surface area contributed by atoms with E-state index in [0.29, 0.717) is 46.0 Å². The SMILES string of the molecule is O=C(CC1(O)C(=O)Nc2ccc(Br)cc21)c1ccc2c(c1)OCCO2. The van der Waals surface area contributed by atoms with Gasteiger partial charge in [-0.15, -0.1) is 0 Å². The number of nitrogens with one attached hydrogen (secondary N) is 1. The van der Waals surface area contributed by atoms with Crippen LogP contribution in [0.15, 0.2) is 40.9 Å². The molecule has 1 unspecified atom stereocenters. The van der Waals surface area contributed by atoms with E-state index >= 15 is 0 Å². The minimum atomic E-state index is -1.90. The van der Waals surface area contributed by atoms with Crippen molar-refractivity contribution in [2.75, 3.05) is 18.5 Å². The molecule has 2 aliphatic rings. The average molecular weight is 404 g/mol. The van der Waals surface area contributed by atoms with Gasteiger partial charge >= 0.3 is 0 Å². The number of carbonyl (C=O) groups excluding carboxylic acids is 2. The molecule has 0 saturated carbocycles. The van der Waals surface area contributed by atoms with E-state index in [1.165, 1.54) is 0 Å². The molecule has 2 aromatic rings. The quantitative estimate of drug-likeness (QED) is 0.769. The van der Waals surface area contributed by atoms with Gasteiger partial charge in [-0.3, -0.25) is 9.59 Å². The molecule has 7 heteroatoms. The zero-order valence-electron chi connectivity index (χ0n) is 13.0. The molecule has 2 heterocycles. The van der Waals surface area contributed by atoms with E-state index in [-0.39, 0.29) is 12.2 Å². The molecule has 0 saturated heterocycles. The van der Waals surface area contributed by atoms with E-state index in [0.717, 1.165) is 0 Å². The van der Waals surface area contributed by atoms with E-state index in [4.69, 9.17) is 9.47 Å². The highest BCUT2D eigenvalue weighted by Crippen LogP contribution is 2.41. The maximum Gasteiger partial charge on any atom is 0.261 e. The van der Waals surface area contributed by atoms with Crippen LogP contribution in [-0.2, 0) is 10.4 Å². The summed E-state index contributed by atoms with van der Waals surface area (Å²) in [6.07, 6.45) is -0.359. The third-order valence-corrected chi connectivity index (χ3v) is 4.82. The number of anilines is 1. The Kier molecular flexibility index (Phi) is 3.77. The lowest BCUT2D eigenvalue weighted by atomic mass is 9.88. The van der Waals surface area contributed by atoms with Crippen LogP contribution in [0.2, 0.25) is 0 Å². The lowest BCUT2D eigenvalue weighted by Gasteiger charge is -2.21. The number of hydrogen-bond acceptors (Lipinski definition) is 5. The van der Waals surface area contributed by atoms with Crippen molar-refractivity contribution in [2.45, 2.75) is 12.0 Å². The molecule has 2 N–H and O–H groups in total. The fourth-order valence-corrected chi connectivity index (χ4v) is 3.40. The van der Waals surface area contributed by atoms with Gasteiger partial charge in [0.15, 0.2) is 22.9 Å². The van der Waals surface area contributed by atoms with E-state index in [9.17, 15) is 14.7 Å². The van der Waals surface area contributed by atoms with Crippen molar-refractivity contribution < 1.29 is 24.2 Å². The van der Waals surface area contributed by atoms with Gasteiger partial charge in [0, 0.05) is 21.3 Å². The summed E-state index contributed by atoms with van der Waals surface area (Å²) >= 11 is 3.32. The summed E-state index contributed by atoms with van der Waals surface area (Å²) in [5.74, 6) is 0.103. The summed E-state index contributed by atoms with van der Waals surface area (Å²) in [6, 6.07) is 9.93. The number of carbonyl (C=O) groups is 2. The smallest absolute Gasteiger partial charge is 0.261 e. The molecule has 0 aromatic heterocycles. The number of aliphatic hydroxyl groups is 1. The predicted octanol–water partition coefficient (Wildman–Crippen LogP) is 2.63. The third-order valence-electron chi connectivity index (χ3n) is 4.33. The van der Waals surface area contributed by atoms with Crippen LogP contribution in [0, 0.1) is 0 Å². The van der Waals surface area contributed by atoms with Crippen LogP contribution in [0.1, 0.15) is 22.3 Å². The average Bonchev–Trinajstić information content (AvgIpc) is 2.85. The summed E-state index contributed by atoms with van der Waals surface area (Å²) in [4.78, 5) is 25.0. The molecule has 1 atom stereocenters. The number of rotatable bonds is 3. The maximum atomic E-state index is 12.7. The molecule has 128 valence electrons. The minimum absolute atomic E-state index is 0.355. The van der Waals surface area contributed by atoms with Gasteiger partial charge in [0.2, 0.25) is 0 Å². The van der Waals surface area contributed by atoms with Gasteiger partial charge in [0.05, 0.1) is 6.42 Å². The highest BCUT2D eigenvalue weighted by atomic mass is 79.9. The predicted molar refractivity (Wildman–Crippen MR) is 93.0 cm³/mol. The molecule has 4 rings (SSSR count). The van der Waals surface area contributed by atoms with Crippen molar-refractivity contribution in [3.05, 3.63) is 52.0 Å². The number of fused-ring (bicyclic) bond motifs is 2. The molecule has 2 aromatic carbocycles. The van der Waals surface area contributed by atoms with Gasteiger partial charge in [-0.25, -0.2) is 0 Å². The molecule has 0 bridgehead atoms. The Morgan fingerprint density at radius 3 is 2.72 bits per heavy atom. The largest absolute Gasteiger partial charge is 0.486 e. The van der Waals surface area contributed by atoms with Crippen LogP contribution in [0.4, 0.5) is 5.69 Å². The monoisotopic (exact) mass is 403 g/mol. The summed E-state index contributed by atoms with van der Waals surface area (Å²) in [6.45, 7) is 0.879. The fourth-order valence-electron chi connectivity index (χ4n) is 3.04. The van der Waals surface area contributed by atoms with E-state index in [1.54, 1.807) is 36.4 Å². The Morgan fingerprint density at radius 1 is 1.16 bits per heavy atom. The Hall–Kier alpha value is -2.38. The van der Waals surface area contributed by atoms with Crippen LogP contribution >= 0.6 is 15.9 Å². The number of halogens is 1. The van der Waals surface area contributed by atoms with Crippen molar-refractivity contribution in [1.82, 2.24) is 0 Å². The molecular weight excluding hydrogens is 390 g/mol. The number of amides is 1. The van der Waals surface area contributed by atoms with Crippen molar-refractivity contribution in [2.24, 2.45) is 0 Å². The second-order valence-corrected chi connectivity index (χ2v) is 6.88. The summed E-state index contributed by atoms with van der Waals surface area (Å²) < 4.78 is 11.6. The summed E-state index contributed by atoms with van der Waals surface area (Å²) in [5, 5.41) is 13.5. The van der Waals surface area contributed by atoms with E-state index < -0.39 is 11.5 Å². The molecular formula is C18H14BrNO5. The Morgan fingerprint density at radius 2 is 1.92 bits per heavy atom. The second kappa shape index (κ2) is 5.86. The number of hydrogen-bond donors (Lipinski definition) is 2. The van der Waals surface area contributed by atoms with Crippen LogP contribution in [0.25, 0.3) is 0 Å². The molecule has 0 aliphatic carbocycles. The Labute approximate surface area is 151 Å². The zero-order chi connectivity index (χ0) is 17.6. The Bertz CT molecular complexity index is 897. The topological polar surface area (TPSA) is 84.9 Å². The number of Topliss-reactive ketones (excluding diaryl/α,β-unsaturated/α-hetero) is 1. The number of benzene rings is 2. The van der Waals surface area contributed by atoms with E-state index in [1.807, 2.05) is 0 Å². The maximum absolute atomic E-state index is 12.7. The van der Waals surface area contributed by atoms with E-state index in [2.05, 4.69) is 21.2 Å². The highest BCUT2D eigenvalue weighted by Gasteiger charge is 2.47. The summed E-state index contributed by atoms with van der Waals surface area (Å²) in [7, 11) is 0.